The molecule has 61 heavy (non-hydrogen) atoms. The number of rotatable bonds is 40. The van der Waals surface area contributed by atoms with Crippen LogP contribution in [0.25, 0.3) is 0 Å². The Labute approximate surface area is 371 Å². The molecule has 0 radical (unpaired) electrons. The average molecular weight is 862 g/mol. The number of aliphatic hydroxyl groups is 6. The SMILES string of the molecule is CCCC/C=C/CC/C=C/CC/C=C/C(O)C(COC1OC(CO)C(O)C(O)C1O)NC(=O)C(O)CCCCCCCCCC/C=C\C/C=C\CCCCCCCCCCC. The number of allylic oxidation sites excluding steroid dienone is 9. The average Bonchev–Trinajstić information content (AvgIpc) is 3.26. The van der Waals surface area contributed by atoms with Gasteiger partial charge in [0.15, 0.2) is 6.29 Å². The van der Waals surface area contributed by atoms with Crippen molar-refractivity contribution in [3.8, 4) is 0 Å². The molecular weight excluding hydrogens is 771 g/mol. The summed E-state index contributed by atoms with van der Waals surface area (Å²) in [4.78, 5) is 13.0. The number of hydrogen-bond acceptors (Lipinski definition) is 9. The maximum atomic E-state index is 13.0. The molecule has 1 aliphatic rings. The molecule has 10 nitrogen and oxygen atoms in total. The Morgan fingerprint density at radius 1 is 0.574 bits per heavy atom. The molecule has 8 unspecified atom stereocenters. The Morgan fingerprint density at radius 2 is 1.03 bits per heavy atom. The van der Waals surface area contributed by atoms with Crippen LogP contribution in [0.5, 0.6) is 0 Å². The van der Waals surface area contributed by atoms with Gasteiger partial charge in [-0.05, 0) is 70.6 Å². The Morgan fingerprint density at radius 3 is 1.57 bits per heavy atom. The third-order valence-electron chi connectivity index (χ3n) is 11.4. The lowest BCUT2D eigenvalue weighted by atomic mass is 9.99. The molecule has 1 fully saturated rings. The Kier molecular flexibility index (Phi) is 37.9. The predicted octanol–water partition coefficient (Wildman–Crippen LogP) is 9.75. The van der Waals surface area contributed by atoms with Gasteiger partial charge < -0.3 is 45.4 Å². The van der Waals surface area contributed by atoms with Gasteiger partial charge in [0.05, 0.1) is 25.4 Å². The molecule has 0 aliphatic carbocycles. The van der Waals surface area contributed by atoms with E-state index in [1.165, 1.54) is 103 Å². The van der Waals surface area contributed by atoms with Gasteiger partial charge in [-0.15, -0.1) is 0 Å². The van der Waals surface area contributed by atoms with Crippen LogP contribution in [0.15, 0.2) is 60.8 Å². The summed E-state index contributed by atoms with van der Waals surface area (Å²) in [5.41, 5.74) is 0. The summed E-state index contributed by atoms with van der Waals surface area (Å²) in [5.74, 6) is -0.638. The first-order chi connectivity index (χ1) is 29.8. The molecule has 1 aliphatic heterocycles. The minimum Gasteiger partial charge on any atom is -0.394 e. The lowest BCUT2D eigenvalue weighted by Gasteiger charge is -2.40. The fourth-order valence-electron chi connectivity index (χ4n) is 7.33. The number of unbranched alkanes of at least 4 members (excludes halogenated alkanes) is 21. The molecule has 0 aromatic carbocycles. The molecule has 1 rings (SSSR count). The van der Waals surface area contributed by atoms with E-state index in [9.17, 15) is 35.4 Å². The largest absolute Gasteiger partial charge is 0.394 e. The molecule has 10 heteroatoms. The van der Waals surface area contributed by atoms with Gasteiger partial charge in [0.25, 0.3) is 0 Å². The molecule has 0 saturated carbocycles. The zero-order valence-electron chi connectivity index (χ0n) is 38.5. The number of carbonyl (C=O) groups is 1. The zero-order valence-corrected chi connectivity index (χ0v) is 38.5. The number of nitrogens with one attached hydrogen (secondary N) is 1. The van der Waals surface area contributed by atoms with Crippen LogP contribution in [0.2, 0.25) is 0 Å². The van der Waals surface area contributed by atoms with Crippen molar-refractivity contribution in [1.82, 2.24) is 5.32 Å². The minimum atomic E-state index is -1.62. The van der Waals surface area contributed by atoms with Gasteiger partial charge in [-0.25, -0.2) is 0 Å². The highest BCUT2D eigenvalue weighted by molar-refractivity contribution is 5.80. The van der Waals surface area contributed by atoms with Crippen molar-refractivity contribution in [3.63, 3.8) is 0 Å². The fourth-order valence-corrected chi connectivity index (χ4v) is 7.33. The van der Waals surface area contributed by atoms with E-state index in [-0.39, 0.29) is 6.61 Å². The molecule has 0 aromatic rings. The molecule has 354 valence electrons. The first kappa shape index (κ1) is 56.9. The summed E-state index contributed by atoms with van der Waals surface area (Å²) in [6, 6.07) is -1.01. The Hall–Kier alpha value is -2.15. The number of carbonyl (C=O) groups excluding carboxylic acids is 1. The summed E-state index contributed by atoms with van der Waals surface area (Å²) in [5, 5.41) is 64.6. The maximum absolute atomic E-state index is 13.0. The second kappa shape index (κ2) is 40.6. The number of ether oxygens (including phenoxy) is 2. The van der Waals surface area contributed by atoms with Gasteiger partial charge in [0.1, 0.15) is 30.5 Å². The Bertz CT molecular complexity index is 1150. The first-order valence-corrected chi connectivity index (χ1v) is 24.6. The van der Waals surface area contributed by atoms with Crippen molar-refractivity contribution in [2.75, 3.05) is 13.2 Å². The summed E-state index contributed by atoms with van der Waals surface area (Å²) >= 11 is 0. The fraction of sp³-hybridized carbons (Fsp3) is 0.784. The van der Waals surface area contributed by atoms with Crippen molar-refractivity contribution in [3.05, 3.63) is 60.8 Å². The van der Waals surface area contributed by atoms with Crippen LogP contribution in [0.1, 0.15) is 194 Å². The molecule has 1 heterocycles. The standard InChI is InChI=1S/C51H91NO9/c1-3-5-7-9-11-13-15-17-18-19-20-21-22-23-24-25-26-27-28-30-32-34-36-38-40-45(55)50(59)52-43(42-60-51-49(58)48(57)47(56)46(41-53)61-51)44(54)39-37-35-33-31-29-16-14-12-10-8-6-4-2/h10,12,20-21,23-24,29,31,37,39,43-49,51,53-58H,3-9,11,13-19,22,25-28,30,32-36,38,40-42H2,1-2H3,(H,52,59)/b12-10+,21-20-,24-23-,31-29+,39-37+. The van der Waals surface area contributed by atoms with E-state index in [4.69, 9.17) is 9.47 Å². The summed E-state index contributed by atoms with van der Waals surface area (Å²) < 4.78 is 11.1. The molecule has 7 N–H and O–H groups in total. The highest BCUT2D eigenvalue weighted by Crippen LogP contribution is 2.22. The van der Waals surface area contributed by atoms with E-state index < -0.39 is 61.5 Å². The second-order valence-corrected chi connectivity index (χ2v) is 17.0. The lowest BCUT2D eigenvalue weighted by molar-refractivity contribution is -0.302. The second-order valence-electron chi connectivity index (χ2n) is 17.0. The zero-order chi connectivity index (χ0) is 44.6. The summed E-state index contributed by atoms with van der Waals surface area (Å²) in [7, 11) is 0. The van der Waals surface area contributed by atoms with Gasteiger partial charge in [-0.1, -0.05) is 184 Å². The van der Waals surface area contributed by atoms with Crippen molar-refractivity contribution >= 4 is 5.91 Å². The summed E-state index contributed by atoms with van der Waals surface area (Å²) in [6.07, 6.45) is 43.2. The van der Waals surface area contributed by atoms with Crippen LogP contribution < -0.4 is 5.32 Å². The van der Waals surface area contributed by atoms with Crippen molar-refractivity contribution in [1.29, 1.82) is 0 Å². The van der Waals surface area contributed by atoms with E-state index in [1.807, 2.05) is 6.08 Å². The van der Waals surface area contributed by atoms with Crippen LogP contribution in [0.4, 0.5) is 0 Å². The van der Waals surface area contributed by atoms with E-state index in [0.29, 0.717) is 19.3 Å². The summed E-state index contributed by atoms with van der Waals surface area (Å²) in [6.45, 7) is 3.52. The van der Waals surface area contributed by atoms with E-state index in [1.54, 1.807) is 6.08 Å². The van der Waals surface area contributed by atoms with E-state index in [2.05, 4.69) is 67.8 Å². The van der Waals surface area contributed by atoms with Crippen molar-refractivity contribution in [2.45, 2.75) is 243 Å². The van der Waals surface area contributed by atoms with Crippen LogP contribution in [0.3, 0.4) is 0 Å². The molecular formula is C51H91NO9. The predicted molar refractivity (Wildman–Crippen MR) is 250 cm³/mol. The lowest BCUT2D eigenvalue weighted by Crippen LogP contribution is -2.60. The number of aliphatic hydroxyl groups excluding tert-OH is 6. The van der Waals surface area contributed by atoms with Crippen molar-refractivity contribution in [2.24, 2.45) is 0 Å². The molecule has 8 atom stereocenters. The molecule has 0 spiro atoms. The van der Waals surface area contributed by atoms with Crippen LogP contribution in [0, 0.1) is 0 Å². The first-order valence-electron chi connectivity index (χ1n) is 24.6. The van der Waals surface area contributed by atoms with Gasteiger partial charge in [-0.3, -0.25) is 4.79 Å². The third-order valence-corrected chi connectivity index (χ3v) is 11.4. The smallest absolute Gasteiger partial charge is 0.249 e. The normalized spacial score (nSPS) is 21.5. The van der Waals surface area contributed by atoms with Gasteiger partial charge in [0, 0.05) is 0 Å². The highest BCUT2D eigenvalue weighted by atomic mass is 16.7. The monoisotopic (exact) mass is 862 g/mol. The maximum Gasteiger partial charge on any atom is 0.249 e. The molecule has 0 bridgehead atoms. The van der Waals surface area contributed by atoms with Gasteiger partial charge in [0.2, 0.25) is 5.91 Å². The highest BCUT2D eigenvalue weighted by Gasteiger charge is 2.44. The quantitative estimate of drug-likeness (QED) is 0.0234. The number of hydrogen-bond donors (Lipinski definition) is 7. The molecule has 1 amide bonds. The van der Waals surface area contributed by atoms with Gasteiger partial charge >= 0.3 is 0 Å². The van der Waals surface area contributed by atoms with E-state index >= 15 is 0 Å². The van der Waals surface area contributed by atoms with Crippen LogP contribution >= 0.6 is 0 Å². The van der Waals surface area contributed by atoms with Crippen LogP contribution in [-0.4, -0.2) is 98.7 Å². The third kappa shape index (κ3) is 30.6. The topological polar surface area (TPSA) is 169 Å². The molecule has 1 saturated heterocycles. The Balaban J connectivity index is 2.34. The number of amides is 1. The van der Waals surface area contributed by atoms with Gasteiger partial charge in [-0.2, -0.15) is 0 Å². The minimum absolute atomic E-state index is 0.291. The van der Waals surface area contributed by atoms with Crippen LogP contribution in [-0.2, 0) is 14.3 Å². The molecule has 0 aromatic heterocycles. The van der Waals surface area contributed by atoms with E-state index in [0.717, 1.165) is 57.8 Å². The van der Waals surface area contributed by atoms with Crippen molar-refractivity contribution < 1.29 is 44.9 Å².